The monoisotopic (exact) mass is 901 g/mol. The smallest absolute Gasteiger partial charge is 0.358 e. The molecule has 0 aliphatic carbocycles. The molecule has 1 N–H and O–H groups in total. The number of morpholine rings is 1. The first-order valence-corrected chi connectivity index (χ1v) is 26.7. The van der Waals surface area contributed by atoms with Crippen LogP contribution in [0.2, 0.25) is 25.7 Å². The molecule has 2 aliphatic heterocycles. The maximum absolute atomic E-state index is 14.8. The second kappa shape index (κ2) is 19.7. The van der Waals surface area contributed by atoms with Gasteiger partial charge in [0.05, 0.1) is 29.6 Å². The Hall–Kier alpha value is -5.45. The average molecular weight is 902 g/mol. The summed E-state index contributed by atoms with van der Waals surface area (Å²) in [5, 5.41) is 8.24. The van der Waals surface area contributed by atoms with Crippen molar-refractivity contribution >= 4 is 52.5 Å². The molecule has 6 aromatic rings. The van der Waals surface area contributed by atoms with Crippen LogP contribution in [0, 0.1) is 0 Å². The third-order valence-corrected chi connectivity index (χ3v) is 14.2. The zero-order valence-electron chi connectivity index (χ0n) is 37.8. The molecule has 8 rings (SSSR count). The summed E-state index contributed by atoms with van der Waals surface area (Å²) in [6, 6.07) is 26.7. The molecule has 1 amide bonds. The van der Waals surface area contributed by atoms with Crippen LogP contribution in [-0.2, 0) is 33.6 Å². The highest BCUT2D eigenvalue weighted by molar-refractivity contribution is 7.22. The van der Waals surface area contributed by atoms with E-state index in [4.69, 9.17) is 28.9 Å². The number of benzene rings is 3. The number of nitrogens with zero attached hydrogens (tertiary/aromatic N) is 6. The predicted molar refractivity (Wildman–Crippen MR) is 256 cm³/mol. The summed E-state index contributed by atoms with van der Waals surface area (Å²) in [7, 11) is -1.35. The number of fused-ring (bicyclic) bond motifs is 2. The fourth-order valence-corrected chi connectivity index (χ4v) is 9.64. The highest BCUT2D eigenvalue weighted by Gasteiger charge is 2.30. The van der Waals surface area contributed by atoms with E-state index in [1.165, 1.54) is 11.3 Å². The molecule has 3 aromatic heterocycles. The molecule has 0 unspecified atom stereocenters. The fraction of sp³-hybridized carbons (Fsp3) is 0.408. The van der Waals surface area contributed by atoms with Crippen LogP contribution in [0.15, 0.2) is 85.1 Å². The van der Waals surface area contributed by atoms with E-state index in [1.54, 1.807) is 11.1 Å². The van der Waals surface area contributed by atoms with E-state index >= 15 is 0 Å². The molecule has 0 radical (unpaired) electrons. The average Bonchev–Trinajstić information content (AvgIpc) is 3.93. The minimum Gasteiger partial charge on any atom is -0.492 e. The number of para-hydroxylation sites is 2. The lowest BCUT2D eigenvalue weighted by Crippen LogP contribution is -2.38. The first kappa shape index (κ1) is 45.1. The lowest BCUT2D eigenvalue weighted by Gasteiger charge is -2.32. The summed E-state index contributed by atoms with van der Waals surface area (Å²) in [5.41, 5.74) is 6.07. The standard InChI is InChI=1S/C49H59N7O6SSi/c1-49(2,3)62-47(58)45-36(38-31-50-53-41(38)30-35-12-7-9-16-42(35)61-27-24-54-22-25-59-26-23-54)18-19-44(52-45)55-21-20-34-13-11-14-37(39(34)32-55)46(57)56(33-60-28-29-64(4,5)6)48-51-40-15-8-10-17-43(40)63-48/h7-19,31H,20-30,32-33H2,1-6H3,(H,50,53). The number of nitrogens with one attached hydrogen (secondary N) is 1. The topological polar surface area (TPSA) is 135 Å². The molecule has 64 heavy (non-hydrogen) atoms. The second-order valence-electron chi connectivity index (χ2n) is 18.6. The number of amides is 1. The lowest BCUT2D eigenvalue weighted by molar-refractivity contribution is 0.00637. The van der Waals surface area contributed by atoms with Crippen molar-refractivity contribution in [2.75, 3.05) is 69.1 Å². The van der Waals surface area contributed by atoms with E-state index < -0.39 is 19.6 Å². The molecule has 13 nitrogen and oxygen atoms in total. The molecule has 0 bridgehead atoms. The van der Waals surface area contributed by atoms with Gasteiger partial charge in [0.1, 0.15) is 30.5 Å². The van der Waals surface area contributed by atoms with Gasteiger partial charge in [0.25, 0.3) is 5.91 Å². The Kier molecular flexibility index (Phi) is 13.9. The van der Waals surface area contributed by atoms with Crippen LogP contribution in [0.4, 0.5) is 10.9 Å². The van der Waals surface area contributed by atoms with Crippen LogP contribution in [0.3, 0.4) is 0 Å². The summed E-state index contributed by atoms with van der Waals surface area (Å²) < 4.78 is 25.0. The molecule has 5 heterocycles. The van der Waals surface area contributed by atoms with Crippen LogP contribution >= 0.6 is 11.3 Å². The summed E-state index contributed by atoms with van der Waals surface area (Å²) >= 11 is 1.49. The van der Waals surface area contributed by atoms with Crippen molar-refractivity contribution < 1.29 is 28.5 Å². The van der Waals surface area contributed by atoms with E-state index in [0.29, 0.717) is 61.2 Å². The molecule has 1 saturated heterocycles. The number of pyridine rings is 1. The molecule has 3 aromatic carbocycles. The summed E-state index contributed by atoms with van der Waals surface area (Å²) in [4.78, 5) is 45.0. The van der Waals surface area contributed by atoms with Crippen molar-refractivity contribution in [3.63, 3.8) is 0 Å². The predicted octanol–water partition coefficient (Wildman–Crippen LogP) is 8.86. The lowest BCUT2D eigenvalue weighted by atomic mass is 9.94. The zero-order chi connectivity index (χ0) is 44.8. The molecular formula is C49H59N7O6SSi. The Balaban J connectivity index is 1.07. The van der Waals surface area contributed by atoms with Gasteiger partial charge in [-0.25, -0.2) is 14.8 Å². The SMILES string of the molecule is CC(C)(C)OC(=O)c1nc(N2CCc3cccc(C(=O)N(COCC[Si](C)(C)C)c4nc5ccccc5s4)c3C2)ccc1-c1cn[nH]c1Cc1ccccc1OCCN1CCOCC1. The van der Waals surface area contributed by atoms with Crippen molar-refractivity contribution in [3.8, 4) is 16.9 Å². The van der Waals surface area contributed by atoms with Gasteiger partial charge in [0.2, 0.25) is 0 Å². The van der Waals surface area contributed by atoms with Gasteiger partial charge < -0.3 is 23.8 Å². The molecule has 0 atom stereocenters. The number of anilines is 2. The Morgan fingerprint density at radius 2 is 1.70 bits per heavy atom. The Bertz CT molecular complexity index is 2540. The molecule has 15 heteroatoms. The number of aromatic amines is 1. The summed E-state index contributed by atoms with van der Waals surface area (Å²) in [6.45, 7) is 18.9. The van der Waals surface area contributed by atoms with Crippen LogP contribution in [0.25, 0.3) is 21.3 Å². The number of thiazole rings is 1. The Morgan fingerprint density at radius 1 is 0.906 bits per heavy atom. The van der Waals surface area contributed by atoms with Gasteiger partial charge in [-0.3, -0.25) is 19.7 Å². The van der Waals surface area contributed by atoms with Gasteiger partial charge in [0.15, 0.2) is 10.8 Å². The maximum atomic E-state index is 14.8. The number of rotatable bonds is 16. The molecule has 336 valence electrons. The normalized spacial score (nSPS) is 14.7. The molecule has 0 saturated carbocycles. The highest BCUT2D eigenvalue weighted by Crippen LogP contribution is 2.35. The van der Waals surface area contributed by atoms with Gasteiger partial charge in [0, 0.05) is 81.8 Å². The minimum atomic E-state index is -1.35. The summed E-state index contributed by atoms with van der Waals surface area (Å²) in [6.07, 6.45) is 2.92. The van der Waals surface area contributed by atoms with Crippen molar-refractivity contribution in [2.24, 2.45) is 0 Å². The molecular weight excluding hydrogens is 843 g/mol. The van der Waals surface area contributed by atoms with Crippen LogP contribution in [0.5, 0.6) is 5.75 Å². The van der Waals surface area contributed by atoms with Crippen molar-refractivity contribution in [1.29, 1.82) is 0 Å². The number of carbonyl (C=O) groups is 2. The van der Waals surface area contributed by atoms with Crippen LogP contribution in [-0.4, -0.2) is 110 Å². The number of esters is 1. The Labute approximate surface area is 380 Å². The minimum absolute atomic E-state index is 0.0995. The molecule has 1 fully saturated rings. The third-order valence-electron chi connectivity index (χ3n) is 11.4. The van der Waals surface area contributed by atoms with Crippen molar-refractivity contribution in [2.45, 2.75) is 71.4 Å². The quantitative estimate of drug-likeness (QED) is 0.0432. The van der Waals surface area contributed by atoms with Crippen LogP contribution < -0.4 is 14.5 Å². The van der Waals surface area contributed by atoms with E-state index in [0.717, 1.165) is 82.8 Å². The molecule has 2 aliphatic rings. The van der Waals surface area contributed by atoms with Gasteiger partial charge in [-0.1, -0.05) is 73.4 Å². The first-order valence-electron chi connectivity index (χ1n) is 22.2. The number of carbonyl (C=O) groups excluding carboxylic acids is 2. The number of H-pyrrole nitrogens is 1. The highest BCUT2D eigenvalue weighted by atomic mass is 32.1. The number of hydrogen-bond acceptors (Lipinski definition) is 12. The number of hydrogen-bond donors (Lipinski definition) is 1. The van der Waals surface area contributed by atoms with Gasteiger partial charge in [-0.05, 0) is 80.8 Å². The van der Waals surface area contributed by atoms with Crippen molar-refractivity contribution in [3.05, 3.63) is 119 Å². The summed E-state index contributed by atoms with van der Waals surface area (Å²) in [5.74, 6) is 0.717. The third kappa shape index (κ3) is 11.1. The van der Waals surface area contributed by atoms with E-state index in [-0.39, 0.29) is 18.3 Å². The van der Waals surface area contributed by atoms with Gasteiger partial charge in [-0.2, -0.15) is 5.10 Å². The van der Waals surface area contributed by atoms with Crippen molar-refractivity contribution in [1.82, 2.24) is 25.1 Å². The first-order chi connectivity index (χ1) is 30.8. The van der Waals surface area contributed by atoms with E-state index in [1.807, 2.05) is 87.5 Å². The van der Waals surface area contributed by atoms with Crippen LogP contribution in [0.1, 0.15) is 64.0 Å². The Morgan fingerprint density at radius 3 is 2.50 bits per heavy atom. The number of aromatic nitrogens is 4. The zero-order valence-corrected chi connectivity index (χ0v) is 39.6. The largest absolute Gasteiger partial charge is 0.492 e. The second-order valence-corrected chi connectivity index (χ2v) is 25.2. The molecule has 0 spiro atoms. The van der Waals surface area contributed by atoms with E-state index in [9.17, 15) is 9.59 Å². The maximum Gasteiger partial charge on any atom is 0.358 e. The van der Waals surface area contributed by atoms with E-state index in [2.05, 4.69) is 51.8 Å². The van der Waals surface area contributed by atoms with Gasteiger partial charge in [-0.15, -0.1) is 0 Å². The van der Waals surface area contributed by atoms with Gasteiger partial charge >= 0.3 is 5.97 Å². The fourth-order valence-electron chi connectivity index (χ4n) is 7.93. The number of ether oxygens (including phenoxy) is 4.